The summed E-state index contributed by atoms with van der Waals surface area (Å²) in [6.07, 6.45) is 0.680. The van der Waals surface area contributed by atoms with Crippen molar-refractivity contribution in [2.45, 2.75) is 46.5 Å². The molecule has 0 fully saturated rings. The maximum Gasteiger partial charge on any atom is 0.135 e. The normalized spacial score (nSPS) is 12.0. The van der Waals surface area contributed by atoms with E-state index in [0.717, 1.165) is 55.5 Å². The molecule has 0 saturated carbocycles. The Morgan fingerprint density at radius 3 is 1.74 bits per heavy atom. The summed E-state index contributed by atoms with van der Waals surface area (Å²) in [5.74, 6) is 1.65. The van der Waals surface area contributed by atoms with Crippen LogP contribution in [0.4, 0.5) is 0 Å². The minimum absolute atomic E-state index is 0.260. The summed E-state index contributed by atoms with van der Waals surface area (Å²) < 4.78 is 0. The second-order valence-electron chi connectivity index (χ2n) is 9.14. The molecule has 5 aromatic rings. The molecule has 0 spiro atoms. The van der Waals surface area contributed by atoms with Gasteiger partial charge in [-0.3, -0.25) is 0 Å². The van der Waals surface area contributed by atoms with Gasteiger partial charge in [0.1, 0.15) is 22.8 Å². The van der Waals surface area contributed by atoms with Crippen LogP contribution in [0.2, 0.25) is 0 Å². The third kappa shape index (κ3) is 2.93. The monoisotopic (exact) mass is 450 g/mol. The van der Waals surface area contributed by atoms with Gasteiger partial charge in [-0.1, -0.05) is 43.3 Å². The fourth-order valence-corrected chi connectivity index (χ4v) is 5.14. The van der Waals surface area contributed by atoms with Crippen LogP contribution >= 0.6 is 0 Å². The van der Waals surface area contributed by atoms with E-state index in [0.29, 0.717) is 18.1 Å². The van der Waals surface area contributed by atoms with E-state index in [1.54, 1.807) is 0 Å². The molecule has 0 aliphatic heterocycles. The highest BCUT2D eigenvalue weighted by atomic mass is 16.3. The molecule has 0 aliphatic carbocycles. The smallest absolute Gasteiger partial charge is 0.135 e. The summed E-state index contributed by atoms with van der Waals surface area (Å²) in [7, 11) is 0. The fourth-order valence-electron chi connectivity index (χ4n) is 5.14. The Morgan fingerprint density at radius 1 is 0.794 bits per heavy atom. The van der Waals surface area contributed by atoms with Gasteiger partial charge in [-0.25, -0.2) is 9.97 Å². The fraction of sp³-hybridized carbons (Fsp3) is 0.241. The summed E-state index contributed by atoms with van der Waals surface area (Å²) in [6.45, 7) is 14.8. The Labute approximate surface area is 199 Å². The lowest BCUT2D eigenvalue weighted by molar-refractivity contribution is 0.448. The van der Waals surface area contributed by atoms with Crippen molar-refractivity contribution in [1.82, 2.24) is 19.9 Å². The second kappa shape index (κ2) is 7.87. The van der Waals surface area contributed by atoms with E-state index in [2.05, 4.69) is 44.2 Å². The molecule has 2 heterocycles. The topological polar surface area (TPSA) is 77.6 Å². The van der Waals surface area contributed by atoms with Gasteiger partial charge >= 0.3 is 0 Å². The molecule has 3 aromatic carbocycles. The number of benzene rings is 3. The Hall–Kier alpha value is -3.86. The zero-order valence-corrected chi connectivity index (χ0v) is 20.4. The zero-order chi connectivity index (χ0) is 24.2. The van der Waals surface area contributed by atoms with Crippen molar-refractivity contribution in [2.24, 2.45) is 0 Å². The van der Waals surface area contributed by atoms with E-state index in [1.165, 1.54) is 0 Å². The van der Waals surface area contributed by atoms with Gasteiger partial charge in [0, 0.05) is 5.56 Å². The van der Waals surface area contributed by atoms with E-state index in [1.807, 2.05) is 55.5 Å². The molecule has 0 aliphatic rings. The first kappa shape index (κ1) is 22.0. The number of nitrogens with zero attached hydrogens (tertiary/aromatic N) is 2. The number of phenolic OH excluding ortho intramolecular Hbond substituents is 1. The Balaban J connectivity index is 2.00. The summed E-state index contributed by atoms with van der Waals surface area (Å²) >= 11 is 0. The molecule has 0 radical (unpaired) electrons. The minimum atomic E-state index is -0.996. The van der Waals surface area contributed by atoms with Crippen molar-refractivity contribution in [3.63, 3.8) is 0 Å². The van der Waals surface area contributed by atoms with Gasteiger partial charge < -0.3 is 15.1 Å². The lowest BCUT2D eigenvalue weighted by Gasteiger charge is -2.36. The number of para-hydroxylation sites is 4. The van der Waals surface area contributed by atoms with E-state index in [4.69, 9.17) is 9.97 Å². The highest BCUT2D eigenvalue weighted by Gasteiger charge is 2.47. The van der Waals surface area contributed by atoms with Crippen molar-refractivity contribution < 1.29 is 5.11 Å². The lowest BCUT2D eigenvalue weighted by atomic mass is 9.68. The van der Waals surface area contributed by atoms with Crippen LogP contribution in [0.25, 0.3) is 22.1 Å². The Morgan fingerprint density at radius 2 is 1.26 bits per heavy atom. The van der Waals surface area contributed by atoms with E-state index >= 15 is 0 Å². The third-order valence-corrected chi connectivity index (χ3v) is 7.48. The van der Waals surface area contributed by atoms with Crippen LogP contribution in [-0.2, 0) is 5.41 Å². The largest absolute Gasteiger partial charge is 0.507 e. The van der Waals surface area contributed by atoms with Crippen LogP contribution in [0, 0.1) is 27.7 Å². The van der Waals surface area contributed by atoms with Crippen molar-refractivity contribution >= 4 is 22.1 Å². The average molecular weight is 451 g/mol. The van der Waals surface area contributed by atoms with E-state index in [-0.39, 0.29) is 5.75 Å². The quantitative estimate of drug-likeness (QED) is 0.261. The number of fused-ring (bicyclic) bond motifs is 2. The van der Waals surface area contributed by atoms with Crippen LogP contribution in [0.1, 0.15) is 52.8 Å². The molecule has 5 heteroatoms. The highest BCUT2D eigenvalue weighted by Crippen LogP contribution is 2.50. The first-order valence-corrected chi connectivity index (χ1v) is 11.7. The SMILES string of the molecule is C=C(CC)C(c1nc2ccccc2[nH]1)(c1nc2ccccc2[nH]1)c1c(C)c(C)c(C)c(C)c1O. The van der Waals surface area contributed by atoms with Crippen LogP contribution in [-0.4, -0.2) is 25.0 Å². The van der Waals surface area contributed by atoms with Gasteiger partial charge in [-0.05, 0) is 80.6 Å². The average Bonchev–Trinajstić information content (AvgIpc) is 3.48. The summed E-state index contributed by atoms with van der Waals surface area (Å²) in [5, 5.41) is 11.7. The first-order chi connectivity index (χ1) is 16.3. The van der Waals surface area contributed by atoms with E-state index < -0.39 is 5.41 Å². The van der Waals surface area contributed by atoms with Crippen molar-refractivity contribution in [3.05, 3.63) is 100 Å². The van der Waals surface area contributed by atoms with Crippen LogP contribution in [0.15, 0.2) is 60.7 Å². The Bertz CT molecular complexity index is 1400. The summed E-state index contributed by atoms with van der Waals surface area (Å²) in [4.78, 5) is 17.2. The molecule has 5 nitrogen and oxygen atoms in total. The van der Waals surface area contributed by atoms with Gasteiger partial charge in [-0.15, -0.1) is 0 Å². The van der Waals surface area contributed by atoms with Gasteiger partial charge in [0.25, 0.3) is 0 Å². The number of aromatic amines is 2. The molecule has 5 rings (SSSR count). The van der Waals surface area contributed by atoms with Gasteiger partial charge in [-0.2, -0.15) is 0 Å². The number of hydrogen-bond donors (Lipinski definition) is 3. The molecule has 0 atom stereocenters. The van der Waals surface area contributed by atoms with Crippen LogP contribution in [0.5, 0.6) is 5.75 Å². The second-order valence-corrected chi connectivity index (χ2v) is 9.14. The molecular weight excluding hydrogens is 420 g/mol. The molecule has 172 valence electrons. The molecule has 0 unspecified atom stereocenters. The standard InChI is InChI=1S/C29H30N4O/c1-7-16(2)29(27-30-21-12-8-9-13-22(21)31-27,28-32-23-14-10-11-15-24(23)33-28)25-19(5)17(3)18(4)20(6)26(25)34/h8-15,34H,2,7H2,1,3-6H3,(H,30,31)(H,32,33). The summed E-state index contributed by atoms with van der Waals surface area (Å²) in [6, 6.07) is 16.0. The Kier molecular flexibility index (Phi) is 5.08. The number of nitrogens with one attached hydrogen (secondary N) is 2. The van der Waals surface area contributed by atoms with Crippen molar-refractivity contribution in [1.29, 1.82) is 0 Å². The number of H-pyrrole nitrogens is 2. The zero-order valence-electron chi connectivity index (χ0n) is 20.4. The molecule has 0 amide bonds. The molecule has 0 bridgehead atoms. The number of aromatic nitrogens is 4. The maximum absolute atomic E-state index is 11.7. The minimum Gasteiger partial charge on any atom is -0.507 e. The van der Waals surface area contributed by atoms with Crippen LogP contribution in [0.3, 0.4) is 0 Å². The van der Waals surface area contributed by atoms with E-state index in [9.17, 15) is 5.11 Å². The van der Waals surface area contributed by atoms with Crippen LogP contribution < -0.4 is 0 Å². The third-order valence-electron chi connectivity index (χ3n) is 7.48. The highest BCUT2D eigenvalue weighted by molar-refractivity contribution is 5.79. The van der Waals surface area contributed by atoms with Gasteiger partial charge in [0.05, 0.1) is 22.1 Å². The summed E-state index contributed by atoms with van der Waals surface area (Å²) in [5.41, 5.74) is 8.36. The maximum atomic E-state index is 11.7. The number of hydrogen-bond acceptors (Lipinski definition) is 3. The molecule has 34 heavy (non-hydrogen) atoms. The predicted octanol–water partition coefficient (Wildman–Crippen LogP) is 6.68. The van der Waals surface area contributed by atoms with Gasteiger partial charge in [0.15, 0.2) is 0 Å². The predicted molar refractivity (Wildman–Crippen MR) is 139 cm³/mol. The number of aromatic hydroxyl groups is 1. The number of allylic oxidation sites excluding steroid dienone is 1. The number of imidazole rings is 2. The molecule has 0 saturated heterocycles. The van der Waals surface area contributed by atoms with Crippen molar-refractivity contribution in [3.8, 4) is 5.75 Å². The molecule has 2 aromatic heterocycles. The number of rotatable bonds is 5. The van der Waals surface area contributed by atoms with Gasteiger partial charge in [0.2, 0.25) is 0 Å². The molecular formula is C29H30N4O. The number of phenols is 1. The first-order valence-electron chi connectivity index (χ1n) is 11.7. The van der Waals surface area contributed by atoms with Crippen molar-refractivity contribution in [2.75, 3.05) is 0 Å². The molecule has 3 N–H and O–H groups in total. The lowest BCUT2D eigenvalue weighted by Crippen LogP contribution is -2.35.